The third kappa shape index (κ3) is 3.73. The number of hydrogen-bond donors (Lipinski definition) is 1. The highest BCUT2D eigenvalue weighted by Crippen LogP contribution is 2.15. The van der Waals surface area contributed by atoms with Crippen LogP contribution in [0.25, 0.3) is 0 Å². The number of nitrogens with two attached hydrogens (primary N) is 1. The molecule has 1 aliphatic heterocycles. The molecule has 2 heterocycles. The molecule has 2 N–H and O–H groups in total. The van der Waals surface area contributed by atoms with Gasteiger partial charge in [0, 0.05) is 30.9 Å². The van der Waals surface area contributed by atoms with Crippen LogP contribution in [0.4, 0.5) is 0 Å². The second-order valence-corrected chi connectivity index (χ2v) is 5.79. The van der Waals surface area contributed by atoms with Crippen molar-refractivity contribution in [1.82, 2.24) is 4.90 Å². The Morgan fingerprint density at radius 3 is 3.24 bits per heavy atom. The van der Waals surface area contributed by atoms with Gasteiger partial charge in [-0.3, -0.25) is 4.99 Å². The minimum atomic E-state index is 0.730. The average Bonchev–Trinajstić information content (AvgIpc) is 2.82. The lowest BCUT2D eigenvalue weighted by molar-refractivity contribution is 0.270. The summed E-state index contributed by atoms with van der Waals surface area (Å²) in [4.78, 5) is 8.09. The van der Waals surface area contributed by atoms with Crippen LogP contribution in [0.15, 0.2) is 22.5 Å². The minimum Gasteiger partial charge on any atom is -0.370 e. The van der Waals surface area contributed by atoms with Crippen molar-refractivity contribution < 1.29 is 0 Å². The quantitative estimate of drug-likeness (QED) is 0.662. The van der Waals surface area contributed by atoms with Gasteiger partial charge < -0.3 is 10.6 Å². The van der Waals surface area contributed by atoms with Crippen molar-refractivity contribution in [3.05, 3.63) is 22.4 Å². The van der Waals surface area contributed by atoms with Crippen molar-refractivity contribution in [2.45, 2.75) is 26.2 Å². The van der Waals surface area contributed by atoms with E-state index in [-0.39, 0.29) is 0 Å². The maximum Gasteiger partial charge on any atom is 0.191 e. The number of hydrogen-bond acceptors (Lipinski definition) is 2. The molecule has 1 aromatic rings. The van der Waals surface area contributed by atoms with Gasteiger partial charge in [-0.25, -0.2) is 0 Å². The fraction of sp³-hybridized carbons (Fsp3) is 0.615. The number of rotatable bonds is 3. The van der Waals surface area contributed by atoms with Crippen molar-refractivity contribution >= 4 is 17.3 Å². The molecule has 0 radical (unpaired) electrons. The molecule has 1 unspecified atom stereocenters. The lowest BCUT2D eigenvalue weighted by Gasteiger charge is -2.31. The van der Waals surface area contributed by atoms with E-state index in [4.69, 9.17) is 5.73 Å². The second-order valence-electron chi connectivity index (χ2n) is 4.76. The number of likely N-dealkylation sites (tertiary alicyclic amines) is 1. The summed E-state index contributed by atoms with van der Waals surface area (Å²) in [7, 11) is 0. The summed E-state index contributed by atoms with van der Waals surface area (Å²) in [5.41, 5.74) is 6.03. The lowest BCUT2D eigenvalue weighted by Crippen LogP contribution is -2.43. The van der Waals surface area contributed by atoms with Crippen molar-refractivity contribution in [2.24, 2.45) is 16.6 Å². The normalized spacial score (nSPS) is 21.8. The van der Waals surface area contributed by atoms with E-state index < -0.39 is 0 Å². The molecule has 4 heteroatoms. The molecule has 0 aliphatic carbocycles. The van der Waals surface area contributed by atoms with Gasteiger partial charge >= 0.3 is 0 Å². The van der Waals surface area contributed by atoms with Crippen LogP contribution in [0.1, 0.15) is 24.6 Å². The van der Waals surface area contributed by atoms with Gasteiger partial charge in [0.25, 0.3) is 0 Å². The second kappa shape index (κ2) is 6.05. The summed E-state index contributed by atoms with van der Waals surface area (Å²) in [5.74, 6) is 1.47. The molecule has 0 aromatic carbocycles. The van der Waals surface area contributed by atoms with Crippen LogP contribution >= 0.6 is 11.3 Å². The third-order valence-electron chi connectivity index (χ3n) is 3.19. The van der Waals surface area contributed by atoms with Crippen LogP contribution in [0.2, 0.25) is 0 Å². The minimum absolute atomic E-state index is 0.730. The molecule has 94 valence electrons. The van der Waals surface area contributed by atoms with Crippen molar-refractivity contribution in [1.29, 1.82) is 0 Å². The first-order valence-electron chi connectivity index (χ1n) is 6.33. The number of nitrogens with zero attached hydrogens (tertiary/aromatic N) is 2. The molecule has 2 rings (SSSR count). The smallest absolute Gasteiger partial charge is 0.191 e. The summed E-state index contributed by atoms with van der Waals surface area (Å²) >= 11 is 1.79. The Morgan fingerprint density at radius 1 is 1.65 bits per heavy atom. The maximum atomic E-state index is 6.03. The van der Waals surface area contributed by atoms with Crippen LogP contribution < -0.4 is 5.73 Å². The molecule has 1 saturated heterocycles. The SMILES string of the molecule is CC1CCCN(C(N)=NCCc2cccs2)C1. The first kappa shape index (κ1) is 12.4. The Bertz CT molecular complexity index is 359. The van der Waals surface area contributed by atoms with E-state index in [9.17, 15) is 0 Å². The molecule has 1 atom stereocenters. The highest BCUT2D eigenvalue weighted by Gasteiger charge is 2.17. The van der Waals surface area contributed by atoms with E-state index >= 15 is 0 Å². The third-order valence-corrected chi connectivity index (χ3v) is 4.13. The zero-order valence-corrected chi connectivity index (χ0v) is 11.2. The monoisotopic (exact) mass is 251 g/mol. The summed E-state index contributed by atoms with van der Waals surface area (Å²) in [6, 6.07) is 4.23. The molecule has 0 amide bonds. The van der Waals surface area contributed by atoms with Gasteiger partial charge in [-0.2, -0.15) is 0 Å². The van der Waals surface area contributed by atoms with E-state index in [1.54, 1.807) is 11.3 Å². The van der Waals surface area contributed by atoms with Crippen LogP contribution in [-0.4, -0.2) is 30.5 Å². The lowest BCUT2D eigenvalue weighted by atomic mass is 10.0. The maximum absolute atomic E-state index is 6.03. The molecule has 1 fully saturated rings. The van der Waals surface area contributed by atoms with Gasteiger partial charge in [0.2, 0.25) is 0 Å². The number of guanidine groups is 1. The van der Waals surface area contributed by atoms with Gasteiger partial charge in [0.1, 0.15) is 0 Å². The van der Waals surface area contributed by atoms with E-state index in [0.717, 1.165) is 37.9 Å². The zero-order chi connectivity index (χ0) is 12.1. The predicted octanol–water partition coefficient (Wildman–Crippen LogP) is 2.34. The van der Waals surface area contributed by atoms with Gasteiger partial charge in [-0.05, 0) is 30.2 Å². The first-order chi connectivity index (χ1) is 8.25. The molecular formula is C13H21N3S. The highest BCUT2D eigenvalue weighted by atomic mass is 32.1. The van der Waals surface area contributed by atoms with Gasteiger partial charge in [0.05, 0.1) is 0 Å². The Kier molecular flexibility index (Phi) is 4.42. The Balaban J connectivity index is 1.80. The topological polar surface area (TPSA) is 41.6 Å². The predicted molar refractivity (Wildman–Crippen MR) is 74.5 cm³/mol. The Morgan fingerprint density at radius 2 is 2.53 bits per heavy atom. The van der Waals surface area contributed by atoms with E-state index in [2.05, 4.69) is 34.3 Å². The summed E-state index contributed by atoms with van der Waals surface area (Å²) in [6.45, 7) is 5.22. The Labute approximate surface area is 107 Å². The van der Waals surface area contributed by atoms with Crippen LogP contribution in [0.5, 0.6) is 0 Å². The van der Waals surface area contributed by atoms with Gasteiger partial charge in [-0.1, -0.05) is 13.0 Å². The summed E-state index contributed by atoms with van der Waals surface area (Å²) in [6.07, 6.45) is 3.56. The number of aliphatic imine (C=N–C) groups is 1. The standard InChI is InChI=1S/C13H21N3S/c1-11-4-2-8-16(10-11)13(14)15-7-6-12-5-3-9-17-12/h3,5,9,11H,2,4,6-8,10H2,1H3,(H2,14,15). The Hall–Kier alpha value is -1.03. The molecule has 3 nitrogen and oxygen atoms in total. The summed E-state index contributed by atoms with van der Waals surface area (Å²) in [5, 5.41) is 2.11. The van der Waals surface area contributed by atoms with Crippen molar-refractivity contribution in [3.8, 4) is 0 Å². The van der Waals surface area contributed by atoms with Gasteiger partial charge in [0.15, 0.2) is 5.96 Å². The van der Waals surface area contributed by atoms with E-state index in [1.807, 2.05) is 0 Å². The van der Waals surface area contributed by atoms with Crippen LogP contribution in [0.3, 0.4) is 0 Å². The molecule has 0 bridgehead atoms. The molecule has 0 saturated carbocycles. The number of piperidine rings is 1. The van der Waals surface area contributed by atoms with Crippen LogP contribution in [0, 0.1) is 5.92 Å². The number of thiophene rings is 1. The van der Waals surface area contributed by atoms with E-state index in [0.29, 0.717) is 0 Å². The molecular weight excluding hydrogens is 230 g/mol. The first-order valence-corrected chi connectivity index (χ1v) is 7.21. The fourth-order valence-corrected chi connectivity index (χ4v) is 2.93. The molecule has 1 aromatic heterocycles. The fourth-order valence-electron chi connectivity index (χ4n) is 2.23. The molecule has 1 aliphatic rings. The largest absolute Gasteiger partial charge is 0.370 e. The zero-order valence-electron chi connectivity index (χ0n) is 10.4. The average molecular weight is 251 g/mol. The highest BCUT2D eigenvalue weighted by molar-refractivity contribution is 7.09. The van der Waals surface area contributed by atoms with Crippen molar-refractivity contribution in [3.63, 3.8) is 0 Å². The van der Waals surface area contributed by atoms with Gasteiger partial charge in [-0.15, -0.1) is 11.3 Å². The van der Waals surface area contributed by atoms with Crippen LogP contribution in [-0.2, 0) is 6.42 Å². The molecule has 0 spiro atoms. The molecule has 17 heavy (non-hydrogen) atoms. The van der Waals surface area contributed by atoms with E-state index in [1.165, 1.54) is 17.7 Å². The summed E-state index contributed by atoms with van der Waals surface area (Å²) < 4.78 is 0. The van der Waals surface area contributed by atoms with Crippen molar-refractivity contribution in [2.75, 3.05) is 19.6 Å².